The molecule has 1 aliphatic carbocycles. The van der Waals surface area contributed by atoms with E-state index in [-0.39, 0.29) is 29.4 Å². The molecule has 0 aromatic rings. The number of likely N-dealkylation sites (N-methyl/N-ethyl adjacent to an activating group) is 1. The number of halogens is 4. The van der Waals surface area contributed by atoms with Crippen molar-refractivity contribution in [2.45, 2.75) is 45.2 Å². The Hall–Kier alpha value is -0.290. The Morgan fingerprint density at radius 2 is 1.88 bits per heavy atom. The van der Waals surface area contributed by atoms with Crippen molar-refractivity contribution in [1.82, 2.24) is 15.5 Å². The average Bonchev–Trinajstić information content (AvgIpc) is 2.98. The van der Waals surface area contributed by atoms with Crippen LogP contribution in [0.4, 0.5) is 13.2 Å². The molecule has 0 spiro atoms. The molecule has 0 saturated heterocycles. The molecule has 0 aliphatic heterocycles. The smallest absolute Gasteiger partial charge is 0.382 e. The zero-order chi connectivity index (χ0) is 18.8. The second-order valence-electron chi connectivity index (χ2n) is 6.86. The van der Waals surface area contributed by atoms with E-state index in [1.807, 2.05) is 6.92 Å². The maximum atomic E-state index is 12.3. The number of alkyl halides is 3. The minimum atomic E-state index is -4.16. The Balaban J connectivity index is 0.00000625. The number of hydrogen-bond acceptors (Lipinski definition) is 3. The van der Waals surface area contributed by atoms with Gasteiger partial charge in [0.1, 0.15) is 0 Å². The van der Waals surface area contributed by atoms with E-state index < -0.39 is 12.7 Å². The summed E-state index contributed by atoms with van der Waals surface area (Å²) in [4.78, 5) is 5.42. The summed E-state index contributed by atoms with van der Waals surface area (Å²) in [5.41, 5.74) is 0.236. The number of ether oxygens (including phenoxy) is 1. The molecule has 0 radical (unpaired) electrons. The summed E-state index contributed by atoms with van der Waals surface area (Å²) >= 11 is 0. The molecule has 0 atom stereocenters. The average molecular weight is 494 g/mol. The van der Waals surface area contributed by atoms with E-state index in [1.165, 1.54) is 37.6 Å². The van der Waals surface area contributed by atoms with Gasteiger partial charge in [-0.3, -0.25) is 9.89 Å². The van der Waals surface area contributed by atoms with Gasteiger partial charge in [-0.15, -0.1) is 24.0 Å². The van der Waals surface area contributed by atoms with Gasteiger partial charge in [0.2, 0.25) is 0 Å². The molecule has 1 aliphatic rings. The van der Waals surface area contributed by atoms with Gasteiger partial charge < -0.3 is 15.4 Å². The van der Waals surface area contributed by atoms with Crippen molar-refractivity contribution in [2.24, 2.45) is 10.4 Å². The molecule has 0 aromatic carbocycles. The first-order valence-electron chi connectivity index (χ1n) is 9.08. The molecule has 1 saturated carbocycles. The van der Waals surface area contributed by atoms with Gasteiger partial charge >= 0.3 is 6.18 Å². The third-order valence-electron chi connectivity index (χ3n) is 4.73. The minimum Gasteiger partial charge on any atom is -0.382 e. The van der Waals surface area contributed by atoms with Crippen molar-refractivity contribution in [3.8, 4) is 0 Å². The second kappa shape index (κ2) is 13.0. The maximum absolute atomic E-state index is 12.3. The van der Waals surface area contributed by atoms with Crippen LogP contribution in [-0.2, 0) is 4.74 Å². The van der Waals surface area contributed by atoms with E-state index >= 15 is 0 Å². The van der Waals surface area contributed by atoms with Crippen LogP contribution < -0.4 is 10.6 Å². The summed E-state index contributed by atoms with van der Waals surface area (Å²) in [7, 11) is 3.14. The van der Waals surface area contributed by atoms with E-state index in [0.29, 0.717) is 19.0 Å². The molecule has 5 nitrogen and oxygen atoms in total. The standard InChI is InChI=1S/C17H33F3N4O.HI/c1-4-25-12-9-16(7-5-6-8-16)13-23-15(21-2)22-10-11-24(3)14-17(18,19)20;/h4-14H2,1-3H3,(H2,21,22,23);1H. The van der Waals surface area contributed by atoms with Crippen LogP contribution in [-0.4, -0.2) is 70.5 Å². The molecule has 2 N–H and O–H groups in total. The van der Waals surface area contributed by atoms with Crippen molar-refractivity contribution >= 4 is 29.9 Å². The summed E-state index contributed by atoms with van der Waals surface area (Å²) in [6.45, 7) is 4.14. The van der Waals surface area contributed by atoms with Crippen LogP contribution in [0.5, 0.6) is 0 Å². The van der Waals surface area contributed by atoms with Crippen LogP contribution in [0.15, 0.2) is 4.99 Å². The Labute approximate surface area is 172 Å². The molecule has 0 heterocycles. The molecule has 156 valence electrons. The predicted octanol–water partition coefficient (Wildman–Crippen LogP) is 3.25. The number of aliphatic imine (C=N–C) groups is 1. The number of hydrogen-bond donors (Lipinski definition) is 2. The van der Waals surface area contributed by atoms with Gasteiger partial charge in [0, 0.05) is 39.9 Å². The van der Waals surface area contributed by atoms with Crippen LogP contribution in [0.2, 0.25) is 0 Å². The monoisotopic (exact) mass is 494 g/mol. The van der Waals surface area contributed by atoms with Crippen molar-refractivity contribution in [3.05, 3.63) is 0 Å². The van der Waals surface area contributed by atoms with Crippen LogP contribution >= 0.6 is 24.0 Å². The highest BCUT2D eigenvalue weighted by Crippen LogP contribution is 2.40. The molecule has 1 fully saturated rings. The van der Waals surface area contributed by atoms with Crippen molar-refractivity contribution < 1.29 is 17.9 Å². The van der Waals surface area contributed by atoms with Gasteiger partial charge in [-0.25, -0.2) is 0 Å². The Bertz CT molecular complexity index is 402. The van der Waals surface area contributed by atoms with Crippen molar-refractivity contribution in [3.63, 3.8) is 0 Å². The maximum Gasteiger partial charge on any atom is 0.401 e. The first-order chi connectivity index (χ1) is 11.8. The normalized spacial score (nSPS) is 17.3. The number of nitrogens with one attached hydrogen (secondary N) is 2. The summed E-state index contributed by atoms with van der Waals surface area (Å²) in [6.07, 6.45) is 1.70. The topological polar surface area (TPSA) is 48.9 Å². The highest BCUT2D eigenvalue weighted by atomic mass is 127. The quantitative estimate of drug-likeness (QED) is 0.212. The van der Waals surface area contributed by atoms with Crippen molar-refractivity contribution in [2.75, 3.05) is 53.5 Å². The summed E-state index contributed by atoms with van der Waals surface area (Å²) in [5.74, 6) is 0.642. The summed E-state index contributed by atoms with van der Waals surface area (Å²) in [6, 6.07) is 0. The van der Waals surface area contributed by atoms with Gasteiger partial charge in [0.25, 0.3) is 0 Å². The van der Waals surface area contributed by atoms with E-state index in [4.69, 9.17) is 4.74 Å². The van der Waals surface area contributed by atoms with Gasteiger partial charge in [-0.05, 0) is 38.6 Å². The van der Waals surface area contributed by atoms with E-state index in [1.54, 1.807) is 7.05 Å². The Morgan fingerprint density at radius 3 is 2.42 bits per heavy atom. The minimum absolute atomic E-state index is 0. The fraction of sp³-hybridized carbons (Fsp3) is 0.941. The molecule has 0 aromatic heterocycles. The van der Waals surface area contributed by atoms with Crippen LogP contribution in [0.3, 0.4) is 0 Å². The van der Waals surface area contributed by atoms with Gasteiger partial charge in [0.15, 0.2) is 5.96 Å². The number of rotatable bonds is 10. The third-order valence-corrected chi connectivity index (χ3v) is 4.73. The SMILES string of the molecule is CCOCCC1(CNC(=NC)NCCN(C)CC(F)(F)F)CCCC1.I. The highest BCUT2D eigenvalue weighted by molar-refractivity contribution is 14.0. The third kappa shape index (κ3) is 10.8. The first-order valence-corrected chi connectivity index (χ1v) is 9.08. The van der Waals surface area contributed by atoms with Gasteiger partial charge in [0.05, 0.1) is 6.54 Å². The van der Waals surface area contributed by atoms with E-state index in [0.717, 1.165) is 26.2 Å². The molecule has 0 amide bonds. The first kappa shape index (κ1) is 25.7. The van der Waals surface area contributed by atoms with Crippen molar-refractivity contribution in [1.29, 1.82) is 0 Å². The predicted molar refractivity (Wildman–Crippen MR) is 110 cm³/mol. The molecule has 0 unspecified atom stereocenters. The van der Waals surface area contributed by atoms with Crippen LogP contribution in [0.25, 0.3) is 0 Å². The lowest BCUT2D eigenvalue weighted by molar-refractivity contribution is -0.142. The summed E-state index contributed by atoms with van der Waals surface area (Å²) < 4.78 is 42.5. The molecular weight excluding hydrogens is 460 g/mol. The summed E-state index contributed by atoms with van der Waals surface area (Å²) in [5, 5.41) is 6.44. The Kier molecular flexibility index (Phi) is 12.8. The fourth-order valence-corrected chi connectivity index (χ4v) is 3.32. The second-order valence-corrected chi connectivity index (χ2v) is 6.86. The Morgan fingerprint density at radius 1 is 1.23 bits per heavy atom. The molecule has 9 heteroatoms. The molecular formula is C17H34F3IN4O. The van der Waals surface area contributed by atoms with Crippen LogP contribution in [0.1, 0.15) is 39.0 Å². The molecule has 0 bridgehead atoms. The lowest BCUT2D eigenvalue weighted by Gasteiger charge is -2.30. The largest absolute Gasteiger partial charge is 0.401 e. The van der Waals surface area contributed by atoms with Gasteiger partial charge in [-0.2, -0.15) is 13.2 Å². The zero-order valence-corrected chi connectivity index (χ0v) is 18.5. The van der Waals surface area contributed by atoms with Gasteiger partial charge in [-0.1, -0.05) is 12.8 Å². The zero-order valence-electron chi connectivity index (χ0n) is 16.1. The number of nitrogens with zero attached hydrogens (tertiary/aromatic N) is 2. The lowest BCUT2D eigenvalue weighted by Crippen LogP contribution is -2.45. The lowest BCUT2D eigenvalue weighted by atomic mass is 9.83. The molecule has 1 rings (SSSR count). The fourth-order valence-electron chi connectivity index (χ4n) is 3.32. The van der Waals surface area contributed by atoms with Crippen LogP contribution in [0, 0.1) is 5.41 Å². The number of guanidine groups is 1. The molecule has 26 heavy (non-hydrogen) atoms. The highest BCUT2D eigenvalue weighted by Gasteiger charge is 2.33. The van der Waals surface area contributed by atoms with E-state index in [9.17, 15) is 13.2 Å². The van der Waals surface area contributed by atoms with E-state index in [2.05, 4.69) is 15.6 Å².